The van der Waals surface area contributed by atoms with Gasteiger partial charge in [-0.3, -0.25) is 0 Å². The molecule has 0 radical (unpaired) electrons. The largest absolute Gasteiger partial charge is 0.464 e. The molecule has 0 heterocycles. The minimum absolute atomic E-state index is 0.450. The highest BCUT2D eigenvalue weighted by Gasteiger charge is 2.14. The Labute approximate surface area is 99.2 Å². The first kappa shape index (κ1) is 15.4. The van der Waals surface area contributed by atoms with Crippen LogP contribution in [0.1, 0.15) is 65.2 Å². The van der Waals surface area contributed by atoms with Crippen LogP contribution in [0, 0.1) is 0 Å². The van der Waals surface area contributed by atoms with Gasteiger partial charge in [-0.2, -0.15) is 0 Å². The molecule has 3 nitrogen and oxygen atoms in total. The molecule has 0 aliphatic rings. The van der Waals surface area contributed by atoms with Crippen molar-refractivity contribution in [3.8, 4) is 0 Å². The summed E-state index contributed by atoms with van der Waals surface area (Å²) in [6, 6.07) is 0. The first-order valence-electron chi connectivity index (χ1n) is 6.57. The summed E-state index contributed by atoms with van der Waals surface area (Å²) >= 11 is 0. The lowest BCUT2D eigenvalue weighted by molar-refractivity contribution is -0.154. The number of hydrogen-bond donors (Lipinski definition) is 1. The third-order valence-corrected chi connectivity index (χ3v) is 2.58. The summed E-state index contributed by atoms with van der Waals surface area (Å²) in [4.78, 5) is 11.2. The van der Waals surface area contributed by atoms with E-state index in [2.05, 4.69) is 6.92 Å². The zero-order valence-corrected chi connectivity index (χ0v) is 10.7. The number of unbranched alkanes of at least 4 members (excludes halogenated alkanes) is 5. The fourth-order valence-electron chi connectivity index (χ4n) is 1.54. The Balaban J connectivity index is 3.27. The highest BCUT2D eigenvalue weighted by molar-refractivity contribution is 5.74. The van der Waals surface area contributed by atoms with Gasteiger partial charge in [0.15, 0.2) is 6.10 Å². The Morgan fingerprint density at radius 2 is 1.69 bits per heavy atom. The molecule has 0 aromatic carbocycles. The molecule has 16 heavy (non-hydrogen) atoms. The van der Waals surface area contributed by atoms with E-state index in [9.17, 15) is 9.90 Å². The minimum atomic E-state index is -0.926. The lowest BCUT2D eigenvalue weighted by Crippen LogP contribution is -2.23. The monoisotopic (exact) mass is 230 g/mol. The first-order valence-corrected chi connectivity index (χ1v) is 6.57. The molecular weight excluding hydrogens is 204 g/mol. The Hall–Kier alpha value is -0.570. The summed E-state index contributed by atoms with van der Waals surface area (Å²) in [5.74, 6) is -0.463. The maximum Gasteiger partial charge on any atom is 0.334 e. The molecule has 0 aliphatic carbocycles. The van der Waals surface area contributed by atoms with Gasteiger partial charge in [-0.1, -0.05) is 52.4 Å². The maximum atomic E-state index is 11.2. The number of carbonyl (C=O) groups excluding carboxylic acids is 1. The lowest BCUT2D eigenvalue weighted by Gasteiger charge is -2.09. The van der Waals surface area contributed by atoms with Crippen molar-refractivity contribution < 1.29 is 14.6 Å². The van der Waals surface area contributed by atoms with E-state index in [4.69, 9.17) is 4.74 Å². The molecule has 1 N–H and O–H groups in total. The third kappa shape index (κ3) is 8.72. The molecule has 0 bridgehead atoms. The van der Waals surface area contributed by atoms with E-state index >= 15 is 0 Å². The van der Waals surface area contributed by atoms with Crippen LogP contribution in [0.2, 0.25) is 0 Å². The van der Waals surface area contributed by atoms with Gasteiger partial charge in [0.1, 0.15) is 0 Å². The average Bonchev–Trinajstić information content (AvgIpc) is 2.28. The second kappa shape index (κ2) is 10.9. The number of esters is 1. The lowest BCUT2D eigenvalue weighted by atomic mass is 10.1. The molecule has 96 valence electrons. The average molecular weight is 230 g/mol. The van der Waals surface area contributed by atoms with Crippen molar-refractivity contribution in [2.24, 2.45) is 0 Å². The quantitative estimate of drug-likeness (QED) is 0.463. The number of rotatable bonds is 10. The smallest absolute Gasteiger partial charge is 0.334 e. The number of ether oxygens (including phenoxy) is 1. The number of hydrogen-bond acceptors (Lipinski definition) is 3. The van der Waals surface area contributed by atoms with Crippen LogP contribution in [0.3, 0.4) is 0 Å². The van der Waals surface area contributed by atoms with Gasteiger partial charge in [0, 0.05) is 0 Å². The van der Waals surface area contributed by atoms with E-state index in [0.717, 1.165) is 19.3 Å². The fourth-order valence-corrected chi connectivity index (χ4v) is 1.54. The van der Waals surface area contributed by atoms with Crippen LogP contribution < -0.4 is 0 Å². The van der Waals surface area contributed by atoms with Crippen LogP contribution in [0.25, 0.3) is 0 Å². The van der Waals surface area contributed by atoms with Crippen molar-refractivity contribution in [1.82, 2.24) is 0 Å². The molecule has 3 heteroatoms. The summed E-state index contributed by atoms with van der Waals surface area (Å²) in [5, 5.41) is 9.32. The fraction of sp³-hybridized carbons (Fsp3) is 0.923. The van der Waals surface area contributed by atoms with Crippen molar-refractivity contribution >= 4 is 5.97 Å². The molecule has 1 atom stereocenters. The zero-order valence-electron chi connectivity index (χ0n) is 10.7. The van der Waals surface area contributed by atoms with Gasteiger partial charge in [0.05, 0.1) is 6.61 Å². The van der Waals surface area contributed by atoms with Crippen molar-refractivity contribution in [3.05, 3.63) is 0 Å². The van der Waals surface area contributed by atoms with Gasteiger partial charge in [0.25, 0.3) is 0 Å². The van der Waals surface area contributed by atoms with E-state index in [1.54, 1.807) is 0 Å². The Morgan fingerprint density at radius 1 is 1.06 bits per heavy atom. The van der Waals surface area contributed by atoms with Crippen molar-refractivity contribution in [2.75, 3.05) is 6.61 Å². The Kier molecular flexibility index (Phi) is 10.5. The molecule has 0 aliphatic heterocycles. The van der Waals surface area contributed by atoms with Crippen molar-refractivity contribution in [3.63, 3.8) is 0 Å². The van der Waals surface area contributed by atoms with Gasteiger partial charge in [-0.15, -0.1) is 0 Å². The van der Waals surface area contributed by atoms with Crippen LogP contribution in [-0.4, -0.2) is 23.8 Å². The molecule has 0 saturated carbocycles. The minimum Gasteiger partial charge on any atom is -0.464 e. The summed E-state index contributed by atoms with van der Waals surface area (Å²) in [6.45, 7) is 4.58. The first-order chi connectivity index (χ1) is 7.72. The van der Waals surface area contributed by atoms with Gasteiger partial charge in [0.2, 0.25) is 0 Å². The van der Waals surface area contributed by atoms with Gasteiger partial charge in [-0.25, -0.2) is 4.79 Å². The van der Waals surface area contributed by atoms with Crippen LogP contribution in [0.15, 0.2) is 0 Å². The summed E-state index contributed by atoms with van der Waals surface area (Å²) < 4.78 is 4.97. The SMILES string of the molecule is CCCCCCCCOC(=O)C(O)CCC. The molecule has 0 rings (SSSR count). The highest BCUT2D eigenvalue weighted by atomic mass is 16.5. The number of carbonyl (C=O) groups is 1. The molecule has 0 aromatic rings. The number of aliphatic hydroxyl groups excluding tert-OH is 1. The molecule has 0 amide bonds. The van der Waals surface area contributed by atoms with Crippen molar-refractivity contribution in [2.45, 2.75) is 71.3 Å². The second-order valence-corrected chi connectivity index (χ2v) is 4.24. The summed E-state index contributed by atoms with van der Waals surface area (Å²) in [5.41, 5.74) is 0. The van der Waals surface area contributed by atoms with Gasteiger partial charge < -0.3 is 9.84 Å². The molecule has 0 fully saturated rings. The topological polar surface area (TPSA) is 46.5 Å². The summed E-state index contributed by atoms with van der Waals surface area (Å²) in [7, 11) is 0. The van der Waals surface area contributed by atoms with E-state index in [-0.39, 0.29) is 0 Å². The van der Waals surface area contributed by atoms with Crippen LogP contribution >= 0.6 is 0 Å². The van der Waals surface area contributed by atoms with E-state index in [1.165, 1.54) is 25.7 Å². The standard InChI is InChI=1S/C13H26O3/c1-3-5-6-7-8-9-11-16-13(15)12(14)10-4-2/h12,14H,3-11H2,1-2H3. The molecule has 1 unspecified atom stereocenters. The van der Waals surface area contributed by atoms with Crippen LogP contribution in [0.5, 0.6) is 0 Å². The highest BCUT2D eigenvalue weighted by Crippen LogP contribution is 2.05. The molecule has 0 saturated heterocycles. The number of aliphatic hydroxyl groups is 1. The third-order valence-electron chi connectivity index (χ3n) is 2.58. The normalized spacial score (nSPS) is 12.4. The Morgan fingerprint density at radius 3 is 2.31 bits per heavy atom. The van der Waals surface area contributed by atoms with E-state index in [1.807, 2.05) is 6.92 Å². The zero-order chi connectivity index (χ0) is 12.2. The predicted octanol–water partition coefficient (Wildman–Crippen LogP) is 3.05. The summed E-state index contributed by atoms with van der Waals surface area (Å²) in [6.07, 6.45) is 7.40. The van der Waals surface area contributed by atoms with Crippen LogP contribution in [-0.2, 0) is 9.53 Å². The molecular formula is C13H26O3. The van der Waals surface area contributed by atoms with Gasteiger partial charge in [-0.05, 0) is 12.8 Å². The molecule has 0 spiro atoms. The van der Waals surface area contributed by atoms with Crippen molar-refractivity contribution in [1.29, 1.82) is 0 Å². The van der Waals surface area contributed by atoms with Crippen LogP contribution in [0.4, 0.5) is 0 Å². The molecule has 0 aromatic heterocycles. The van der Waals surface area contributed by atoms with E-state index in [0.29, 0.717) is 13.0 Å². The second-order valence-electron chi connectivity index (χ2n) is 4.24. The Bertz CT molecular complexity index is 169. The van der Waals surface area contributed by atoms with Gasteiger partial charge >= 0.3 is 5.97 Å². The maximum absolute atomic E-state index is 11.2. The van der Waals surface area contributed by atoms with E-state index < -0.39 is 12.1 Å². The predicted molar refractivity (Wildman–Crippen MR) is 65.2 cm³/mol.